The first-order valence-electron chi connectivity index (χ1n) is 6.53. The highest BCUT2D eigenvalue weighted by molar-refractivity contribution is 5.84. The van der Waals surface area contributed by atoms with E-state index in [1.165, 1.54) is 0 Å². The van der Waals surface area contributed by atoms with E-state index in [2.05, 4.69) is 10.6 Å². The lowest BCUT2D eigenvalue weighted by Crippen LogP contribution is -2.47. The second-order valence-corrected chi connectivity index (χ2v) is 5.35. The fraction of sp³-hybridized carbons (Fsp3) is 0.833. The molecule has 2 amide bonds. The first-order chi connectivity index (χ1) is 8.25. The highest BCUT2D eigenvalue weighted by atomic mass is 16.2. The maximum Gasteiger partial charge on any atom is 0.227 e. The first-order valence-corrected chi connectivity index (χ1v) is 6.53. The maximum absolute atomic E-state index is 12.4. The summed E-state index contributed by atoms with van der Waals surface area (Å²) in [6.45, 7) is 3.42. The average Bonchev–Trinajstić information content (AvgIpc) is 2.90. The molecule has 1 unspecified atom stereocenters. The highest BCUT2D eigenvalue weighted by Gasteiger charge is 2.42. The molecule has 3 heterocycles. The summed E-state index contributed by atoms with van der Waals surface area (Å²) >= 11 is 0. The number of rotatable bonds is 1. The van der Waals surface area contributed by atoms with Gasteiger partial charge < -0.3 is 15.5 Å². The van der Waals surface area contributed by atoms with Gasteiger partial charge in [0.05, 0.1) is 5.92 Å². The van der Waals surface area contributed by atoms with Gasteiger partial charge in [-0.15, -0.1) is 0 Å². The van der Waals surface area contributed by atoms with Crippen molar-refractivity contribution in [3.63, 3.8) is 0 Å². The van der Waals surface area contributed by atoms with E-state index in [0.29, 0.717) is 31.3 Å². The van der Waals surface area contributed by atoms with Crippen LogP contribution in [0.25, 0.3) is 0 Å². The summed E-state index contributed by atoms with van der Waals surface area (Å²) < 4.78 is 0. The second kappa shape index (κ2) is 4.29. The van der Waals surface area contributed by atoms with E-state index in [-0.39, 0.29) is 17.7 Å². The minimum absolute atomic E-state index is 0.00653. The van der Waals surface area contributed by atoms with Gasteiger partial charge in [0.1, 0.15) is 0 Å². The van der Waals surface area contributed by atoms with Crippen molar-refractivity contribution in [3.05, 3.63) is 0 Å². The summed E-state index contributed by atoms with van der Waals surface area (Å²) in [4.78, 5) is 25.5. The van der Waals surface area contributed by atoms with Crippen molar-refractivity contribution in [2.45, 2.75) is 25.3 Å². The number of piperidine rings is 1. The lowest BCUT2D eigenvalue weighted by molar-refractivity contribution is -0.138. The molecular weight excluding hydrogens is 218 g/mol. The van der Waals surface area contributed by atoms with E-state index >= 15 is 0 Å². The number of nitrogens with zero attached hydrogens (tertiary/aromatic N) is 1. The summed E-state index contributed by atoms with van der Waals surface area (Å²) in [6, 6.07) is 0.403. The van der Waals surface area contributed by atoms with Crippen LogP contribution in [0.4, 0.5) is 0 Å². The zero-order chi connectivity index (χ0) is 11.8. The second-order valence-electron chi connectivity index (χ2n) is 5.35. The molecule has 3 aliphatic rings. The van der Waals surface area contributed by atoms with Crippen LogP contribution < -0.4 is 10.6 Å². The minimum atomic E-state index is 0.00653. The number of likely N-dealkylation sites (tertiary alicyclic amines) is 1. The van der Waals surface area contributed by atoms with Crippen molar-refractivity contribution in [3.8, 4) is 0 Å². The SMILES string of the molecule is O=C1CCC(C(=O)N2CC[C@H]3CNC[C@H]32)CN1. The van der Waals surface area contributed by atoms with Crippen molar-refractivity contribution in [1.82, 2.24) is 15.5 Å². The molecule has 0 aromatic heterocycles. The van der Waals surface area contributed by atoms with Gasteiger partial charge in [0.25, 0.3) is 0 Å². The fourth-order valence-electron chi connectivity index (χ4n) is 3.30. The highest BCUT2D eigenvalue weighted by Crippen LogP contribution is 2.29. The number of nitrogens with one attached hydrogen (secondary N) is 2. The third-order valence-electron chi connectivity index (χ3n) is 4.34. The first kappa shape index (κ1) is 11.0. The van der Waals surface area contributed by atoms with Gasteiger partial charge in [0.15, 0.2) is 0 Å². The molecule has 0 aliphatic carbocycles. The third kappa shape index (κ3) is 1.92. The Balaban J connectivity index is 1.64. The topological polar surface area (TPSA) is 61.4 Å². The van der Waals surface area contributed by atoms with Crippen LogP contribution in [0.1, 0.15) is 19.3 Å². The van der Waals surface area contributed by atoms with Crippen LogP contribution in [-0.4, -0.2) is 48.9 Å². The van der Waals surface area contributed by atoms with Crippen LogP contribution in [0.2, 0.25) is 0 Å². The minimum Gasteiger partial charge on any atom is -0.355 e. The third-order valence-corrected chi connectivity index (χ3v) is 4.34. The van der Waals surface area contributed by atoms with E-state index in [9.17, 15) is 9.59 Å². The molecule has 5 heteroatoms. The van der Waals surface area contributed by atoms with Crippen LogP contribution in [-0.2, 0) is 9.59 Å². The predicted octanol–water partition coefficient (Wildman–Crippen LogP) is -0.667. The number of amides is 2. The molecule has 0 saturated carbocycles. The molecule has 2 N–H and O–H groups in total. The van der Waals surface area contributed by atoms with E-state index in [1.54, 1.807) is 0 Å². The quantitative estimate of drug-likeness (QED) is 0.636. The van der Waals surface area contributed by atoms with Crippen LogP contribution in [0.3, 0.4) is 0 Å². The van der Waals surface area contributed by atoms with Gasteiger partial charge in [-0.3, -0.25) is 9.59 Å². The summed E-state index contributed by atoms with van der Waals surface area (Å²) in [5.74, 6) is 0.987. The molecule has 5 nitrogen and oxygen atoms in total. The Morgan fingerprint density at radius 3 is 2.88 bits per heavy atom. The van der Waals surface area contributed by atoms with E-state index < -0.39 is 0 Å². The molecule has 0 aromatic carbocycles. The molecule has 3 fully saturated rings. The zero-order valence-corrected chi connectivity index (χ0v) is 9.95. The monoisotopic (exact) mass is 237 g/mol. The Hall–Kier alpha value is -1.10. The fourth-order valence-corrected chi connectivity index (χ4v) is 3.30. The van der Waals surface area contributed by atoms with Crippen LogP contribution in [0, 0.1) is 11.8 Å². The number of carbonyl (C=O) groups is 2. The average molecular weight is 237 g/mol. The van der Waals surface area contributed by atoms with E-state index in [0.717, 1.165) is 26.1 Å². The van der Waals surface area contributed by atoms with Crippen LogP contribution in [0.5, 0.6) is 0 Å². The molecule has 3 rings (SSSR count). The number of hydrogen-bond acceptors (Lipinski definition) is 3. The van der Waals surface area contributed by atoms with Crippen LogP contribution >= 0.6 is 0 Å². The number of fused-ring (bicyclic) bond motifs is 1. The Bertz CT molecular complexity index is 335. The summed E-state index contributed by atoms with van der Waals surface area (Å²) in [6.07, 6.45) is 2.34. The molecule has 3 atom stereocenters. The normalized spacial score (nSPS) is 36.8. The van der Waals surface area contributed by atoms with Gasteiger partial charge in [0.2, 0.25) is 11.8 Å². The molecule has 17 heavy (non-hydrogen) atoms. The Morgan fingerprint density at radius 2 is 2.12 bits per heavy atom. The Morgan fingerprint density at radius 1 is 1.24 bits per heavy atom. The van der Waals surface area contributed by atoms with Gasteiger partial charge in [-0.1, -0.05) is 0 Å². The molecule has 3 aliphatic heterocycles. The van der Waals surface area contributed by atoms with E-state index in [4.69, 9.17) is 0 Å². The summed E-state index contributed by atoms with van der Waals surface area (Å²) in [5.41, 5.74) is 0. The predicted molar refractivity (Wildman–Crippen MR) is 62.2 cm³/mol. The number of carbonyl (C=O) groups excluding carboxylic acids is 2. The molecule has 0 aromatic rings. The maximum atomic E-state index is 12.4. The van der Waals surface area contributed by atoms with Crippen molar-refractivity contribution in [2.24, 2.45) is 11.8 Å². The van der Waals surface area contributed by atoms with Gasteiger partial charge in [-0.25, -0.2) is 0 Å². The molecule has 94 valence electrons. The Labute approximate surface area is 101 Å². The van der Waals surface area contributed by atoms with E-state index in [1.807, 2.05) is 4.90 Å². The van der Waals surface area contributed by atoms with Crippen molar-refractivity contribution in [2.75, 3.05) is 26.2 Å². The van der Waals surface area contributed by atoms with Gasteiger partial charge in [-0.2, -0.15) is 0 Å². The van der Waals surface area contributed by atoms with Crippen molar-refractivity contribution < 1.29 is 9.59 Å². The lowest BCUT2D eigenvalue weighted by atomic mass is 9.97. The smallest absolute Gasteiger partial charge is 0.227 e. The summed E-state index contributed by atoms with van der Waals surface area (Å²) in [7, 11) is 0. The van der Waals surface area contributed by atoms with Gasteiger partial charge in [0, 0.05) is 38.6 Å². The lowest BCUT2D eigenvalue weighted by Gasteiger charge is -2.30. The Kier molecular flexibility index (Phi) is 2.78. The zero-order valence-electron chi connectivity index (χ0n) is 9.95. The summed E-state index contributed by atoms with van der Waals surface area (Å²) in [5, 5.41) is 6.15. The number of hydrogen-bond donors (Lipinski definition) is 2. The molecule has 0 spiro atoms. The molecular formula is C12H19N3O2. The molecule has 0 radical (unpaired) electrons. The van der Waals surface area contributed by atoms with Crippen molar-refractivity contribution >= 4 is 11.8 Å². The van der Waals surface area contributed by atoms with Crippen molar-refractivity contribution in [1.29, 1.82) is 0 Å². The van der Waals surface area contributed by atoms with Gasteiger partial charge >= 0.3 is 0 Å². The van der Waals surface area contributed by atoms with Crippen LogP contribution in [0.15, 0.2) is 0 Å². The molecule has 3 saturated heterocycles. The van der Waals surface area contributed by atoms with Gasteiger partial charge in [-0.05, 0) is 18.8 Å². The molecule has 0 bridgehead atoms. The standard InChI is InChI=1S/C12H19N3O2/c16-11-2-1-9(6-14-11)12(17)15-4-3-8-5-13-7-10(8)15/h8-10,13H,1-7H2,(H,14,16)/t8-,9?,10+/m0/s1. The largest absolute Gasteiger partial charge is 0.355 e.